The Morgan fingerprint density at radius 1 is 1.00 bits per heavy atom. The summed E-state index contributed by atoms with van der Waals surface area (Å²) in [6.45, 7) is 3.08. The Kier molecular flexibility index (Phi) is 4.90. The first-order valence-corrected chi connectivity index (χ1v) is 7.62. The molecule has 3 aromatic rings. The lowest BCUT2D eigenvalue weighted by Gasteiger charge is -2.08. The first kappa shape index (κ1) is 15.8. The molecule has 7 heteroatoms. The topological polar surface area (TPSA) is 74.1 Å². The van der Waals surface area contributed by atoms with Gasteiger partial charge in [0.25, 0.3) is 0 Å². The van der Waals surface area contributed by atoms with Gasteiger partial charge in [-0.25, -0.2) is 4.68 Å². The van der Waals surface area contributed by atoms with Gasteiger partial charge in [0.15, 0.2) is 5.82 Å². The van der Waals surface area contributed by atoms with Crippen LogP contribution in [0, 0.1) is 6.92 Å². The van der Waals surface area contributed by atoms with Crippen LogP contribution in [0.2, 0.25) is 0 Å². The average molecular weight is 325 g/mol. The van der Waals surface area contributed by atoms with E-state index in [1.54, 1.807) is 11.8 Å². The molecule has 0 fully saturated rings. The highest BCUT2D eigenvalue weighted by atomic mass is 16.5. The van der Waals surface area contributed by atoms with Gasteiger partial charge in [-0.05, 0) is 49.4 Å². The largest absolute Gasteiger partial charge is 0.497 e. The molecule has 0 bridgehead atoms. The van der Waals surface area contributed by atoms with Gasteiger partial charge in [0, 0.05) is 6.20 Å². The van der Waals surface area contributed by atoms with E-state index in [-0.39, 0.29) is 0 Å². The summed E-state index contributed by atoms with van der Waals surface area (Å²) in [5, 5.41) is 15.8. The third-order valence-electron chi connectivity index (χ3n) is 3.34. The van der Waals surface area contributed by atoms with Crippen molar-refractivity contribution in [3.63, 3.8) is 0 Å². The van der Waals surface area contributed by atoms with Gasteiger partial charge >= 0.3 is 0 Å². The highest BCUT2D eigenvalue weighted by Gasteiger charge is 2.01. The quantitative estimate of drug-likeness (QED) is 0.673. The summed E-state index contributed by atoms with van der Waals surface area (Å²) in [7, 11) is 1.64. The Morgan fingerprint density at radius 3 is 2.42 bits per heavy atom. The molecule has 0 aliphatic carbocycles. The van der Waals surface area contributed by atoms with Gasteiger partial charge in [-0.3, -0.25) is 0 Å². The standard InChI is InChI=1S/C17H19N5O2/c1-13-9-11-22(21-13)17-8-7-16(19-20-17)18-10-12-24-15-5-3-14(23-2)4-6-15/h3-9,11H,10,12H2,1-2H3,(H,18,19). The summed E-state index contributed by atoms with van der Waals surface area (Å²) in [6.07, 6.45) is 1.86. The number of methoxy groups -OCH3 is 1. The van der Waals surface area contributed by atoms with E-state index in [4.69, 9.17) is 9.47 Å². The van der Waals surface area contributed by atoms with E-state index in [0.717, 1.165) is 17.2 Å². The van der Waals surface area contributed by atoms with Crippen molar-refractivity contribution in [3.05, 3.63) is 54.4 Å². The van der Waals surface area contributed by atoms with Crippen LogP contribution in [0.3, 0.4) is 0 Å². The van der Waals surface area contributed by atoms with Crippen molar-refractivity contribution in [2.45, 2.75) is 6.92 Å². The summed E-state index contributed by atoms with van der Waals surface area (Å²) < 4.78 is 12.4. The lowest BCUT2D eigenvalue weighted by atomic mass is 10.3. The van der Waals surface area contributed by atoms with E-state index in [1.807, 2.05) is 55.6 Å². The van der Waals surface area contributed by atoms with Crippen molar-refractivity contribution in [2.75, 3.05) is 25.6 Å². The van der Waals surface area contributed by atoms with Crippen molar-refractivity contribution in [1.82, 2.24) is 20.0 Å². The minimum absolute atomic E-state index is 0.522. The van der Waals surface area contributed by atoms with E-state index in [2.05, 4.69) is 20.6 Å². The smallest absolute Gasteiger partial charge is 0.175 e. The van der Waals surface area contributed by atoms with Gasteiger partial charge in [0.05, 0.1) is 19.3 Å². The number of rotatable bonds is 7. The molecule has 0 aliphatic rings. The number of nitrogens with one attached hydrogen (secondary N) is 1. The maximum absolute atomic E-state index is 5.64. The summed E-state index contributed by atoms with van der Waals surface area (Å²) >= 11 is 0. The predicted octanol–water partition coefficient (Wildman–Crippen LogP) is 2.47. The molecule has 7 nitrogen and oxygen atoms in total. The second kappa shape index (κ2) is 7.45. The average Bonchev–Trinajstić information content (AvgIpc) is 3.06. The van der Waals surface area contributed by atoms with Gasteiger partial charge in [-0.1, -0.05) is 0 Å². The van der Waals surface area contributed by atoms with Crippen LogP contribution in [0.5, 0.6) is 11.5 Å². The van der Waals surface area contributed by atoms with Crippen LogP contribution in [0.15, 0.2) is 48.7 Å². The van der Waals surface area contributed by atoms with Gasteiger partial charge in [-0.15, -0.1) is 10.2 Å². The van der Waals surface area contributed by atoms with E-state index in [9.17, 15) is 0 Å². The monoisotopic (exact) mass is 325 g/mol. The first-order chi connectivity index (χ1) is 11.7. The maximum atomic E-state index is 5.64. The van der Waals surface area contributed by atoms with Crippen LogP contribution < -0.4 is 14.8 Å². The molecular weight excluding hydrogens is 306 g/mol. The minimum atomic E-state index is 0.522. The van der Waals surface area contributed by atoms with Crippen LogP contribution in [-0.4, -0.2) is 40.2 Å². The molecule has 124 valence electrons. The van der Waals surface area contributed by atoms with Crippen LogP contribution >= 0.6 is 0 Å². The third kappa shape index (κ3) is 4.01. The van der Waals surface area contributed by atoms with E-state index >= 15 is 0 Å². The number of benzene rings is 1. The Labute approximate surface area is 140 Å². The number of hydrogen-bond donors (Lipinski definition) is 1. The molecule has 1 aromatic carbocycles. The van der Waals surface area contributed by atoms with Crippen LogP contribution in [0.25, 0.3) is 5.82 Å². The zero-order valence-electron chi connectivity index (χ0n) is 13.6. The molecule has 2 heterocycles. The van der Waals surface area contributed by atoms with Gasteiger partial charge in [-0.2, -0.15) is 5.10 Å². The SMILES string of the molecule is COc1ccc(OCCNc2ccc(-n3ccc(C)n3)nn2)cc1. The number of hydrogen-bond acceptors (Lipinski definition) is 6. The Balaban J connectivity index is 1.46. The Hall–Kier alpha value is -3.09. The normalized spacial score (nSPS) is 10.4. The summed E-state index contributed by atoms with van der Waals surface area (Å²) in [5.74, 6) is 2.99. The molecule has 1 N–H and O–H groups in total. The molecule has 0 saturated carbocycles. The molecule has 0 spiro atoms. The van der Waals surface area contributed by atoms with Crippen LogP contribution in [0.4, 0.5) is 5.82 Å². The van der Waals surface area contributed by atoms with Crippen molar-refractivity contribution in [1.29, 1.82) is 0 Å². The minimum Gasteiger partial charge on any atom is -0.497 e. The third-order valence-corrected chi connectivity index (χ3v) is 3.34. The van der Waals surface area contributed by atoms with E-state index in [1.165, 1.54) is 0 Å². The maximum Gasteiger partial charge on any atom is 0.175 e. The van der Waals surface area contributed by atoms with Gasteiger partial charge in [0.1, 0.15) is 23.9 Å². The summed E-state index contributed by atoms with van der Waals surface area (Å²) in [6, 6.07) is 13.1. The zero-order valence-corrected chi connectivity index (χ0v) is 13.6. The number of ether oxygens (including phenoxy) is 2. The predicted molar refractivity (Wildman–Crippen MR) is 90.9 cm³/mol. The molecule has 3 rings (SSSR count). The first-order valence-electron chi connectivity index (χ1n) is 7.62. The molecule has 0 aliphatic heterocycles. The molecule has 0 unspecified atom stereocenters. The molecule has 2 aromatic heterocycles. The highest BCUT2D eigenvalue weighted by Crippen LogP contribution is 2.16. The van der Waals surface area contributed by atoms with Crippen LogP contribution in [0.1, 0.15) is 5.69 Å². The van der Waals surface area contributed by atoms with Gasteiger partial charge < -0.3 is 14.8 Å². The summed E-state index contributed by atoms with van der Waals surface area (Å²) in [5.41, 5.74) is 0.940. The molecule has 0 amide bonds. The number of aromatic nitrogens is 4. The highest BCUT2D eigenvalue weighted by molar-refractivity contribution is 5.36. The Bertz CT molecular complexity index is 768. The molecule has 0 atom stereocenters. The molecule has 24 heavy (non-hydrogen) atoms. The molecule has 0 saturated heterocycles. The lowest BCUT2D eigenvalue weighted by Crippen LogP contribution is -2.13. The fraction of sp³-hybridized carbons (Fsp3) is 0.235. The summed E-state index contributed by atoms with van der Waals surface area (Å²) in [4.78, 5) is 0. The number of nitrogens with zero attached hydrogens (tertiary/aromatic N) is 4. The number of anilines is 1. The Morgan fingerprint density at radius 2 is 1.79 bits per heavy atom. The van der Waals surface area contributed by atoms with Crippen molar-refractivity contribution in [3.8, 4) is 17.3 Å². The molecule has 0 radical (unpaired) electrons. The van der Waals surface area contributed by atoms with Crippen molar-refractivity contribution in [2.24, 2.45) is 0 Å². The second-order valence-corrected chi connectivity index (χ2v) is 5.13. The fourth-order valence-electron chi connectivity index (χ4n) is 2.10. The fourth-order valence-corrected chi connectivity index (χ4v) is 2.10. The van der Waals surface area contributed by atoms with Crippen molar-refractivity contribution < 1.29 is 9.47 Å². The molecular formula is C17H19N5O2. The van der Waals surface area contributed by atoms with Crippen molar-refractivity contribution >= 4 is 5.82 Å². The van der Waals surface area contributed by atoms with Crippen LogP contribution in [-0.2, 0) is 0 Å². The van der Waals surface area contributed by atoms with E-state index < -0.39 is 0 Å². The second-order valence-electron chi connectivity index (χ2n) is 5.13. The lowest BCUT2D eigenvalue weighted by molar-refractivity contribution is 0.331. The van der Waals surface area contributed by atoms with E-state index in [0.29, 0.717) is 24.8 Å². The number of aryl methyl sites for hydroxylation is 1. The van der Waals surface area contributed by atoms with Gasteiger partial charge in [0.2, 0.25) is 0 Å². The zero-order chi connectivity index (χ0) is 16.8.